The smallest absolute Gasteiger partial charge is 0.221 e. The minimum Gasteiger partial charge on any atom is -0.497 e. The second-order valence-corrected chi connectivity index (χ2v) is 3.82. The number of rotatable bonds is 6. The van der Waals surface area contributed by atoms with Crippen molar-refractivity contribution >= 4 is 11.8 Å². The van der Waals surface area contributed by atoms with Gasteiger partial charge in [0.15, 0.2) is 0 Å². The lowest BCUT2D eigenvalue weighted by Gasteiger charge is -2.11. The number of hydrogen-bond acceptors (Lipinski definition) is 3. The Hall–Kier alpha value is -2.04. The fourth-order valence-corrected chi connectivity index (χ4v) is 1.56. The molecule has 1 rings (SSSR count). The van der Waals surface area contributed by atoms with Gasteiger partial charge in [0.25, 0.3) is 0 Å². The average Bonchev–Trinajstić information content (AvgIpc) is 2.28. The summed E-state index contributed by atoms with van der Waals surface area (Å²) in [5, 5.41) is 0. The molecule has 4 N–H and O–H groups in total. The number of benzene rings is 1. The maximum absolute atomic E-state index is 11.2. The van der Waals surface area contributed by atoms with Gasteiger partial charge in [-0.3, -0.25) is 9.59 Å². The molecule has 1 unspecified atom stereocenters. The zero-order valence-corrected chi connectivity index (χ0v) is 9.68. The summed E-state index contributed by atoms with van der Waals surface area (Å²) < 4.78 is 5.02. The topological polar surface area (TPSA) is 95.4 Å². The van der Waals surface area contributed by atoms with Crippen LogP contribution in [0.25, 0.3) is 0 Å². The molecule has 5 nitrogen and oxygen atoms in total. The van der Waals surface area contributed by atoms with Gasteiger partial charge < -0.3 is 16.2 Å². The Morgan fingerprint density at radius 1 is 1.24 bits per heavy atom. The largest absolute Gasteiger partial charge is 0.497 e. The molecule has 0 fully saturated rings. The van der Waals surface area contributed by atoms with E-state index in [1.807, 2.05) is 12.1 Å². The normalized spacial score (nSPS) is 11.8. The molecule has 1 atom stereocenters. The predicted octanol–water partition coefficient (Wildman–Crippen LogP) is 0.215. The van der Waals surface area contributed by atoms with Crippen LogP contribution in [0, 0.1) is 5.92 Å². The Kier molecular flexibility index (Phi) is 4.51. The fourth-order valence-electron chi connectivity index (χ4n) is 1.56. The number of primary amides is 2. The Morgan fingerprint density at radius 3 is 2.24 bits per heavy atom. The molecular weight excluding hydrogens is 220 g/mol. The van der Waals surface area contributed by atoms with Gasteiger partial charge in [-0.05, 0) is 24.1 Å². The molecule has 1 aromatic rings. The lowest BCUT2D eigenvalue weighted by atomic mass is 9.95. The molecule has 0 saturated carbocycles. The van der Waals surface area contributed by atoms with Gasteiger partial charge in [0.2, 0.25) is 11.8 Å². The fraction of sp³-hybridized carbons (Fsp3) is 0.333. The molecule has 0 aliphatic rings. The van der Waals surface area contributed by atoms with E-state index in [1.165, 1.54) is 0 Å². The molecule has 0 aliphatic carbocycles. The maximum atomic E-state index is 11.2. The number of carbonyl (C=O) groups excluding carboxylic acids is 2. The SMILES string of the molecule is COc1ccc(CC(CC(N)=O)C(N)=O)cc1. The van der Waals surface area contributed by atoms with Gasteiger partial charge in [-0.25, -0.2) is 0 Å². The first kappa shape index (κ1) is 13.0. The van der Waals surface area contributed by atoms with Crippen LogP contribution >= 0.6 is 0 Å². The van der Waals surface area contributed by atoms with Gasteiger partial charge in [-0.15, -0.1) is 0 Å². The van der Waals surface area contributed by atoms with Crippen molar-refractivity contribution in [2.75, 3.05) is 7.11 Å². The van der Waals surface area contributed by atoms with Crippen LogP contribution in [0.3, 0.4) is 0 Å². The minimum absolute atomic E-state index is 0.0264. The zero-order chi connectivity index (χ0) is 12.8. The predicted molar refractivity (Wildman–Crippen MR) is 63.2 cm³/mol. The molecule has 0 aliphatic heterocycles. The second-order valence-electron chi connectivity index (χ2n) is 3.82. The number of amides is 2. The van der Waals surface area contributed by atoms with Crippen molar-refractivity contribution in [3.8, 4) is 5.75 Å². The van der Waals surface area contributed by atoms with Gasteiger partial charge in [0.1, 0.15) is 5.75 Å². The van der Waals surface area contributed by atoms with Crippen LogP contribution in [-0.4, -0.2) is 18.9 Å². The highest BCUT2D eigenvalue weighted by atomic mass is 16.5. The van der Waals surface area contributed by atoms with Crippen molar-refractivity contribution in [1.82, 2.24) is 0 Å². The molecule has 1 aromatic carbocycles. The van der Waals surface area contributed by atoms with Crippen molar-refractivity contribution in [2.24, 2.45) is 17.4 Å². The summed E-state index contributed by atoms with van der Waals surface area (Å²) in [5.74, 6) is -0.859. The van der Waals surface area contributed by atoms with Crippen LogP contribution in [0.5, 0.6) is 5.75 Å². The molecule has 17 heavy (non-hydrogen) atoms. The molecule has 92 valence electrons. The zero-order valence-electron chi connectivity index (χ0n) is 9.68. The van der Waals surface area contributed by atoms with E-state index in [-0.39, 0.29) is 6.42 Å². The first-order chi connectivity index (χ1) is 8.02. The van der Waals surface area contributed by atoms with Gasteiger partial charge in [-0.2, -0.15) is 0 Å². The van der Waals surface area contributed by atoms with Crippen LogP contribution < -0.4 is 16.2 Å². The third-order valence-corrected chi connectivity index (χ3v) is 2.49. The minimum atomic E-state index is -0.555. The highest BCUT2D eigenvalue weighted by molar-refractivity contribution is 5.84. The van der Waals surface area contributed by atoms with Gasteiger partial charge in [-0.1, -0.05) is 12.1 Å². The van der Waals surface area contributed by atoms with E-state index in [0.717, 1.165) is 11.3 Å². The number of carbonyl (C=O) groups is 2. The van der Waals surface area contributed by atoms with Crippen molar-refractivity contribution in [3.63, 3.8) is 0 Å². The van der Waals surface area contributed by atoms with Crippen molar-refractivity contribution < 1.29 is 14.3 Å². The monoisotopic (exact) mass is 236 g/mol. The van der Waals surface area contributed by atoms with E-state index >= 15 is 0 Å². The lowest BCUT2D eigenvalue weighted by molar-refractivity contribution is -0.126. The van der Waals surface area contributed by atoms with Crippen LogP contribution in [0.1, 0.15) is 12.0 Å². The van der Waals surface area contributed by atoms with Crippen LogP contribution in [0.2, 0.25) is 0 Å². The summed E-state index contributed by atoms with van der Waals surface area (Å²) in [4.78, 5) is 22.0. The lowest BCUT2D eigenvalue weighted by Crippen LogP contribution is -2.29. The van der Waals surface area contributed by atoms with Gasteiger partial charge in [0.05, 0.1) is 13.0 Å². The van der Waals surface area contributed by atoms with Crippen molar-refractivity contribution in [1.29, 1.82) is 0 Å². The summed E-state index contributed by atoms with van der Waals surface area (Å²) in [5.41, 5.74) is 11.2. The summed E-state index contributed by atoms with van der Waals surface area (Å²) in [7, 11) is 1.58. The molecule has 0 radical (unpaired) electrons. The van der Waals surface area contributed by atoms with E-state index in [2.05, 4.69) is 0 Å². The first-order valence-corrected chi connectivity index (χ1v) is 5.23. The van der Waals surface area contributed by atoms with E-state index in [1.54, 1.807) is 19.2 Å². The summed E-state index contributed by atoms with van der Waals surface area (Å²) >= 11 is 0. The van der Waals surface area contributed by atoms with Gasteiger partial charge >= 0.3 is 0 Å². The maximum Gasteiger partial charge on any atom is 0.221 e. The molecule has 2 amide bonds. The van der Waals surface area contributed by atoms with E-state index in [4.69, 9.17) is 16.2 Å². The van der Waals surface area contributed by atoms with Crippen molar-refractivity contribution in [2.45, 2.75) is 12.8 Å². The third kappa shape index (κ3) is 4.14. The highest BCUT2D eigenvalue weighted by Crippen LogP contribution is 2.16. The Morgan fingerprint density at radius 2 is 1.82 bits per heavy atom. The number of methoxy groups -OCH3 is 1. The quantitative estimate of drug-likeness (QED) is 0.739. The molecule has 0 bridgehead atoms. The Labute approximate surface area is 99.7 Å². The van der Waals surface area contributed by atoms with Crippen LogP contribution in [-0.2, 0) is 16.0 Å². The number of nitrogens with two attached hydrogens (primary N) is 2. The standard InChI is InChI=1S/C12H16N2O3/c1-17-10-4-2-8(3-5-10)6-9(12(14)16)7-11(13)15/h2-5,9H,6-7H2,1H3,(H2,13,15)(H2,14,16). The number of hydrogen-bond donors (Lipinski definition) is 2. The van der Waals surface area contributed by atoms with Crippen molar-refractivity contribution in [3.05, 3.63) is 29.8 Å². The van der Waals surface area contributed by atoms with E-state index in [9.17, 15) is 9.59 Å². The summed E-state index contributed by atoms with van der Waals surface area (Å²) in [6.45, 7) is 0. The average molecular weight is 236 g/mol. The Bertz CT molecular complexity index is 401. The molecule has 0 aromatic heterocycles. The van der Waals surface area contributed by atoms with Crippen LogP contribution in [0.15, 0.2) is 24.3 Å². The van der Waals surface area contributed by atoms with Crippen LogP contribution in [0.4, 0.5) is 0 Å². The Balaban J connectivity index is 2.71. The molecule has 0 heterocycles. The molecule has 0 spiro atoms. The second kappa shape index (κ2) is 5.89. The number of ether oxygens (including phenoxy) is 1. The third-order valence-electron chi connectivity index (χ3n) is 2.49. The summed E-state index contributed by atoms with van der Waals surface area (Å²) in [6, 6.07) is 7.24. The van der Waals surface area contributed by atoms with Gasteiger partial charge in [0, 0.05) is 6.42 Å². The summed E-state index contributed by atoms with van der Waals surface area (Å²) in [6.07, 6.45) is 0.379. The molecule has 5 heteroatoms. The molecular formula is C12H16N2O3. The molecule has 0 saturated heterocycles. The highest BCUT2D eigenvalue weighted by Gasteiger charge is 2.18. The van der Waals surface area contributed by atoms with E-state index < -0.39 is 17.7 Å². The van der Waals surface area contributed by atoms with E-state index in [0.29, 0.717) is 6.42 Å². The first-order valence-electron chi connectivity index (χ1n) is 5.23.